The van der Waals surface area contributed by atoms with Crippen LogP contribution in [0.1, 0.15) is 37.7 Å². The molecule has 1 aromatic heterocycles. The molecule has 0 bridgehead atoms. The van der Waals surface area contributed by atoms with Crippen LogP contribution in [-0.4, -0.2) is 41.3 Å². The van der Waals surface area contributed by atoms with Gasteiger partial charge in [-0.1, -0.05) is 12.8 Å². The van der Waals surface area contributed by atoms with Crippen molar-refractivity contribution in [3.63, 3.8) is 0 Å². The Balaban J connectivity index is 1.70. The second-order valence-corrected chi connectivity index (χ2v) is 5.65. The summed E-state index contributed by atoms with van der Waals surface area (Å²) in [5.41, 5.74) is 1.14. The van der Waals surface area contributed by atoms with E-state index in [1.54, 1.807) is 24.3 Å². The summed E-state index contributed by atoms with van der Waals surface area (Å²) in [5.74, 6) is -0.276. The van der Waals surface area contributed by atoms with E-state index in [1.165, 1.54) is 12.8 Å². The monoisotopic (exact) mass is 289 g/mol. The van der Waals surface area contributed by atoms with Gasteiger partial charge in [0, 0.05) is 32.0 Å². The summed E-state index contributed by atoms with van der Waals surface area (Å²) in [5, 5.41) is 2.94. The standard InChI is InChI=1S/C16H23N3O2/c1-19(11-8-13-6-9-17-10-7-13)16(21)12-15(20)18-14-4-2-3-5-14/h6-7,9-10,14H,2-5,8,11-12H2,1H3,(H,18,20). The highest BCUT2D eigenvalue weighted by molar-refractivity contribution is 5.96. The molecule has 5 heteroatoms. The summed E-state index contributed by atoms with van der Waals surface area (Å²) in [7, 11) is 1.74. The zero-order valence-electron chi connectivity index (χ0n) is 12.5. The molecule has 2 amide bonds. The summed E-state index contributed by atoms with van der Waals surface area (Å²) in [4.78, 5) is 29.4. The molecule has 1 saturated carbocycles. The number of rotatable bonds is 6. The number of hydrogen-bond donors (Lipinski definition) is 1. The lowest BCUT2D eigenvalue weighted by Gasteiger charge is -2.18. The Morgan fingerprint density at radius 2 is 1.95 bits per heavy atom. The number of carbonyl (C=O) groups is 2. The van der Waals surface area contributed by atoms with Crippen molar-refractivity contribution in [2.45, 2.75) is 44.6 Å². The molecule has 114 valence electrons. The van der Waals surface area contributed by atoms with Gasteiger partial charge in [-0.15, -0.1) is 0 Å². The van der Waals surface area contributed by atoms with E-state index in [1.807, 2.05) is 12.1 Å². The molecule has 0 aliphatic heterocycles. The van der Waals surface area contributed by atoms with E-state index < -0.39 is 0 Å². The lowest BCUT2D eigenvalue weighted by molar-refractivity contribution is -0.135. The molecule has 1 aromatic rings. The maximum atomic E-state index is 12.0. The topological polar surface area (TPSA) is 62.3 Å². The van der Waals surface area contributed by atoms with Gasteiger partial charge >= 0.3 is 0 Å². The van der Waals surface area contributed by atoms with Crippen molar-refractivity contribution in [2.24, 2.45) is 0 Å². The van der Waals surface area contributed by atoms with Crippen LogP contribution in [0.2, 0.25) is 0 Å². The van der Waals surface area contributed by atoms with Gasteiger partial charge in [0.25, 0.3) is 0 Å². The van der Waals surface area contributed by atoms with Crippen LogP contribution in [0.3, 0.4) is 0 Å². The molecule has 2 rings (SSSR count). The van der Waals surface area contributed by atoms with Crippen molar-refractivity contribution >= 4 is 11.8 Å². The molecule has 1 aliphatic rings. The minimum absolute atomic E-state index is 0.0522. The average Bonchev–Trinajstić information content (AvgIpc) is 2.98. The highest BCUT2D eigenvalue weighted by Crippen LogP contribution is 2.17. The van der Waals surface area contributed by atoms with Gasteiger partial charge in [0.1, 0.15) is 6.42 Å². The van der Waals surface area contributed by atoms with Crippen molar-refractivity contribution in [3.8, 4) is 0 Å². The number of carbonyl (C=O) groups excluding carboxylic acids is 2. The van der Waals surface area contributed by atoms with Crippen molar-refractivity contribution in [1.29, 1.82) is 0 Å². The molecule has 1 N–H and O–H groups in total. The molecule has 0 aromatic carbocycles. The number of aromatic nitrogens is 1. The molecular formula is C16H23N3O2. The third-order valence-corrected chi connectivity index (χ3v) is 3.94. The summed E-state index contributed by atoms with van der Waals surface area (Å²) >= 11 is 0. The first-order valence-electron chi connectivity index (χ1n) is 7.57. The number of likely N-dealkylation sites (N-methyl/N-ethyl adjacent to an activating group) is 1. The quantitative estimate of drug-likeness (QED) is 0.808. The average molecular weight is 289 g/mol. The van der Waals surface area contributed by atoms with Crippen LogP contribution < -0.4 is 5.32 Å². The fraction of sp³-hybridized carbons (Fsp3) is 0.562. The predicted molar refractivity (Wildman–Crippen MR) is 80.6 cm³/mol. The minimum Gasteiger partial charge on any atom is -0.353 e. The highest BCUT2D eigenvalue weighted by atomic mass is 16.2. The fourth-order valence-corrected chi connectivity index (χ4v) is 2.59. The lowest BCUT2D eigenvalue weighted by Crippen LogP contribution is -2.38. The number of hydrogen-bond acceptors (Lipinski definition) is 3. The smallest absolute Gasteiger partial charge is 0.231 e. The van der Waals surface area contributed by atoms with Crippen LogP contribution in [-0.2, 0) is 16.0 Å². The molecular weight excluding hydrogens is 266 g/mol. The van der Waals surface area contributed by atoms with Crippen molar-refractivity contribution < 1.29 is 9.59 Å². The van der Waals surface area contributed by atoms with Gasteiger partial charge in [-0.25, -0.2) is 0 Å². The van der Waals surface area contributed by atoms with Crippen molar-refractivity contribution in [1.82, 2.24) is 15.2 Å². The van der Waals surface area contributed by atoms with Crippen LogP contribution in [0, 0.1) is 0 Å². The van der Waals surface area contributed by atoms with E-state index in [0.29, 0.717) is 6.54 Å². The molecule has 0 unspecified atom stereocenters. The summed E-state index contributed by atoms with van der Waals surface area (Å²) in [6.07, 6.45) is 8.63. The van der Waals surface area contributed by atoms with E-state index in [9.17, 15) is 9.59 Å². The Hall–Kier alpha value is -1.91. The van der Waals surface area contributed by atoms with Gasteiger partial charge in [0.15, 0.2) is 0 Å². The Kier molecular flexibility index (Phi) is 5.72. The fourth-order valence-electron chi connectivity index (χ4n) is 2.59. The van der Waals surface area contributed by atoms with Crippen molar-refractivity contribution in [2.75, 3.05) is 13.6 Å². The zero-order valence-corrected chi connectivity index (χ0v) is 12.5. The predicted octanol–water partition coefficient (Wildman–Crippen LogP) is 1.53. The Morgan fingerprint density at radius 1 is 1.29 bits per heavy atom. The number of nitrogens with zero attached hydrogens (tertiary/aromatic N) is 2. The van der Waals surface area contributed by atoms with Crippen LogP contribution in [0.5, 0.6) is 0 Å². The second-order valence-electron chi connectivity index (χ2n) is 5.65. The van der Waals surface area contributed by atoms with E-state index in [2.05, 4.69) is 10.3 Å². The van der Waals surface area contributed by atoms with E-state index >= 15 is 0 Å². The summed E-state index contributed by atoms with van der Waals surface area (Å²) in [6.45, 7) is 0.611. The largest absolute Gasteiger partial charge is 0.353 e. The molecule has 5 nitrogen and oxygen atoms in total. The molecule has 0 radical (unpaired) electrons. The normalized spacial score (nSPS) is 14.9. The van der Waals surface area contributed by atoms with E-state index in [4.69, 9.17) is 0 Å². The highest BCUT2D eigenvalue weighted by Gasteiger charge is 2.19. The molecule has 1 heterocycles. The van der Waals surface area contributed by atoms with Gasteiger partial charge in [-0.3, -0.25) is 14.6 Å². The molecule has 1 aliphatic carbocycles. The van der Waals surface area contributed by atoms with E-state index in [0.717, 1.165) is 24.8 Å². The van der Waals surface area contributed by atoms with Crippen LogP contribution in [0.25, 0.3) is 0 Å². The molecule has 1 fully saturated rings. The molecule has 0 saturated heterocycles. The maximum absolute atomic E-state index is 12.0. The van der Waals surface area contributed by atoms with Crippen LogP contribution in [0.4, 0.5) is 0 Å². The van der Waals surface area contributed by atoms with E-state index in [-0.39, 0.29) is 24.3 Å². The summed E-state index contributed by atoms with van der Waals surface area (Å²) < 4.78 is 0. The number of amides is 2. The third kappa shape index (κ3) is 5.17. The summed E-state index contributed by atoms with van der Waals surface area (Å²) in [6, 6.07) is 4.14. The number of pyridine rings is 1. The third-order valence-electron chi connectivity index (χ3n) is 3.94. The van der Waals surface area contributed by atoms with Crippen molar-refractivity contribution in [3.05, 3.63) is 30.1 Å². The Labute approximate surface area is 125 Å². The first kappa shape index (κ1) is 15.5. The Morgan fingerprint density at radius 3 is 2.62 bits per heavy atom. The molecule has 0 atom stereocenters. The van der Waals surface area contributed by atoms with Crippen LogP contribution in [0.15, 0.2) is 24.5 Å². The Bertz CT molecular complexity index is 470. The molecule has 0 spiro atoms. The zero-order chi connectivity index (χ0) is 15.1. The first-order chi connectivity index (χ1) is 10.1. The van der Waals surface area contributed by atoms with Gasteiger partial charge in [0.05, 0.1) is 0 Å². The first-order valence-corrected chi connectivity index (χ1v) is 7.57. The van der Waals surface area contributed by atoms with Gasteiger partial charge in [-0.2, -0.15) is 0 Å². The molecule has 21 heavy (non-hydrogen) atoms. The van der Waals surface area contributed by atoms with Gasteiger partial charge in [0.2, 0.25) is 11.8 Å². The van der Waals surface area contributed by atoms with Gasteiger partial charge in [-0.05, 0) is 37.0 Å². The van der Waals surface area contributed by atoms with Gasteiger partial charge < -0.3 is 10.2 Å². The SMILES string of the molecule is CN(CCc1ccncc1)C(=O)CC(=O)NC1CCCC1. The minimum atomic E-state index is -0.150. The maximum Gasteiger partial charge on any atom is 0.231 e. The second kappa shape index (κ2) is 7.76. The number of nitrogens with one attached hydrogen (secondary N) is 1. The van der Waals surface area contributed by atoms with Crippen LogP contribution >= 0.6 is 0 Å². The lowest BCUT2D eigenvalue weighted by atomic mass is 10.2.